The highest BCUT2D eigenvalue weighted by atomic mass is 35.5. The Hall–Kier alpha value is -1.59. The van der Waals surface area contributed by atoms with Crippen LogP contribution in [0.2, 0.25) is 10.0 Å². The van der Waals surface area contributed by atoms with Gasteiger partial charge >= 0.3 is 0 Å². The van der Waals surface area contributed by atoms with Gasteiger partial charge in [-0.15, -0.1) is 0 Å². The maximum atomic E-state index is 13.0. The van der Waals surface area contributed by atoms with Gasteiger partial charge in [0.2, 0.25) is 0 Å². The van der Waals surface area contributed by atoms with Gasteiger partial charge in [0.15, 0.2) is 0 Å². The molecule has 1 saturated heterocycles. The number of likely N-dealkylation sites (N-methyl/N-ethyl adjacent to an activating group) is 1. The van der Waals surface area contributed by atoms with E-state index < -0.39 is 5.60 Å². The Kier molecular flexibility index (Phi) is 5.58. The predicted octanol–water partition coefficient (Wildman–Crippen LogP) is 3.66. The van der Waals surface area contributed by atoms with Crippen molar-refractivity contribution in [3.05, 3.63) is 69.7 Å². The van der Waals surface area contributed by atoms with E-state index in [1.807, 2.05) is 49.3 Å². The summed E-state index contributed by atoms with van der Waals surface area (Å²) in [6, 6.07) is 14.5. The van der Waals surface area contributed by atoms with Gasteiger partial charge in [-0.2, -0.15) is 0 Å². The fourth-order valence-electron chi connectivity index (χ4n) is 3.60. The zero-order valence-corrected chi connectivity index (χ0v) is 16.3. The first-order valence-electron chi connectivity index (χ1n) is 8.52. The molecule has 1 aliphatic heterocycles. The Bertz CT molecular complexity index is 798. The largest absolute Gasteiger partial charge is 0.383 e. The van der Waals surface area contributed by atoms with Crippen molar-refractivity contribution < 1.29 is 9.90 Å². The van der Waals surface area contributed by atoms with Gasteiger partial charge in [0.05, 0.1) is 21.7 Å². The average Bonchev–Trinajstić information content (AvgIpc) is 2.64. The molecule has 6 heteroatoms. The first-order chi connectivity index (χ1) is 12.3. The first-order valence-corrected chi connectivity index (χ1v) is 9.28. The van der Waals surface area contributed by atoms with Crippen LogP contribution in [-0.2, 0) is 5.60 Å². The summed E-state index contributed by atoms with van der Waals surface area (Å²) in [5, 5.41) is 12.0. The van der Waals surface area contributed by atoms with E-state index in [2.05, 4.69) is 0 Å². The van der Waals surface area contributed by atoms with E-state index in [4.69, 9.17) is 23.2 Å². The third-order valence-electron chi connectivity index (χ3n) is 5.07. The summed E-state index contributed by atoms with van der Waals surface area (Å²) in [6.07, 6.45) is 0.448. The van der Waals surface area contributed by atoms with Crippen LogP contribution in [0.4, 0.5) is 0 Å². The molecule has 2 aromatic rings. The molecule has 1 fully saturated rings. The minimum atomic E-state index is -1.01. The molecule has 1 amide bonds. The van der Waals surface area contributed by atoms with E-state index in [1.54, 1.807) is 23.1 Å². The van der Waals surface area contributed by atoms with Crippen molar-refractivity contribution in [2.75, 3.05) is 27.2 Å². The SMILES string of the molecule is CN(C)[C@@H]1CN(C(=O)c2cccc(Cl)c2Cl)CC[C@]1(O)c1ccccc1. The molecule has 0 aromatic heterocycles. The van der Waals surface area contributed by atoms with Crippen molar-refractivity contribution >= 4 is 29.1 Å². The van der Waals surface area contributed by atoms with Gasteiger partial charge in [0, 0.05) is 13.1 Å². The standard InChI is InChI=1S/C20H22Cl2N2O2/c1-23(2)17-13-24(19(25)15-9-6-10-16(21)18(15)22)12-11-20(17,26)14-7-4-3-5-8-14/h3-10,17,26H,11-13H2,1-2H3/t17-,20+/m1/s1. The molecule has 0 radical (unpaired) electrons. The van der Waals surface area contributed by atoms with Crippen LogP contribution < -0.4 is 0 Å². The van der Waals surface area contributed by atoms with Crippen molar-refractivity contribution in [2.24, 2.45) is 0 Å². The molecule has 26 heavy (non-hydrogen) atoms. The molecule has 0 unspecified atom stereocenters. The maximum Gasteiger partial charge on any atom is 0.255 e. The third-order valence-corrected chi connectivity index (χ3v) is 5.89. The van der Waals surface area contributed by atoms with Gasteiger partial charge in [-0.25, -0.2) is 0 Å². The molecule has 2 aromatic carbocycles. The van der Waals surface area contributed by atoms with Crippen LogP contribution in [0.15, 0.2) is 48.5 Å². The molecule has 0 aliphatic carbocycles. The van der Waals surface area contributed by atoms with Gasteiger partial charge in [0.1, 0.15) is 5.60 Å². The first kappa shape index (κ1) is 19.2. The van der Waals surface area contributed by atoms with E-state index in [-0.39, 0.29) is 17.0 Å². The molecule has 3 rings (SSSR count). The van der Waals surface area contributed by atoms with Crippen LogP contribution in [0, 0.1) is 0 Å². The minimum Gasteiger partial charge on any atom is -0.383 e. The summed E-state index contributed by atoms with van der Waals surface area (Å²) in [6.45, 7) is 0.845. The van der Waals surface area contributed by atoms with Gasteiger partial charge in [-0.05, 0) is 38.2 Å². The fourth-order valence-corrected chi connectivity index (χ4v) is 3.98. The molecule has 0 saturated carbocycles. The quantitative estimate of drug-likeness (QED) is 0.866. The monoisotopic (exact) mass is 392 g/mol. The zero-order chi connectivity index (χ0) is 18.9. The number of hydrogen-bond acceptors (Lipinski definition) is 3. The van der Waals surface area contributed by atoms with Gasteiger partial charge in [-0.1, -0.05) is 59.6 Å². The average molecular weight is 393 g/mol. The summed E-state index contributed by atoms with van der Waals surface area (Å²) in [7, 11) is 3.83. The number of aliphatic hydroxyl groups is 1. The molecule has 0 spiro atoms. The van der Waals surface area contributed by atoms with E-state index in [9.17, 15) is 9.90 Å². The number of nitrogens with zero attached hydrogens (tertiary/aromatic N) is 2. The summed E-state index contributed by atoms with van der Waals surface area (Å²) in [5.74, 6) is -0.167. The fraction of sp³-hybridized carbons (Fsp3) is 0.350. The number of rotatable bonds is 3. The normalized spacial score (nSPS) is 23.3. The lowest BCUT2D eigenvalue weighted by molar-refractivity contribution is -0.0810. The minimum absolute atomic E-state index is 0.167. The molecular formula is C20H22Cl2N2O2. The molecular weight excluding hydrogens is 371 g/mol. The summed E-state index contributed by atoms with van der Waals surface area (Å²) in [5.41, 5.74) is 0.244. The summed E-state index contributed by atoms with van der Waals surface area (Å²) in [4.78, 5) is 16.7. The van der Waals surface area contributed by atoms with Gasteiger partial charge in [-0.3, -0.25) is 4.79 Å². The lowest BCUT2D eigenvalue weighted by atomic mass is 9.79. The number of halogens is 2. The highest BCUT2D eigenvalue weighted by Crippen LogP contribution is 2.36. The molecule has 1 aliphatic rings. The molecule has 4 nitrogen and oxygen atoms in total. The van der Waals surface area contributed by atoms with Crippen molar-refractivity contribution in [2.45, 2.75) is 18.1 Å². The highest BCUT2D eigenvalue weighted by Gasteiger charge is 2.45. The lowest BCUT2D eigenvalue weighted by Crippen LogP contribution is -2.60. The number of likely N-dealkylation sites (tertiary alicyclic amines) is 1. The molecule has 2 atom stereocenters. The second kappa shape index (κ2) is 7.57. The number of carbonyl (C=O) groups excluding carboxylic acids is 1. The number of hydrogen-bond donors (Lipinski definition) is 1. The Labute approximate surface area is 163 Å². The maximum absolute atomic E-state index is 13.0. The zero-order valence-electron chi connectivity index (χ0n) is 14.8. The molecule has 0 bridgehead atoms. The van der Waals surface area contributed by atoms with Crippen LogP contribution in [0.1, 0.15) is 22.3 Å². The third kappa shape index (κ3) is 3.47. The summed E-state index contributed by atoms with van der Waals surface area (Å²) < 4.78 is 0. The van der Waals surface area contributed by atoms with Crippen molar-refractivity contribution in [1.82, 2.24) is 9.80 Å². The van der Waals surface area contributed by atoms with Crippen LogP contribution in [0.5, 0.6) is 0 Å². The van der Waals surface area contributed by atoms with Crippen LogP contribution in [0.25, 0.3) is 0 Å². The van der Waals surface area contributed by atoms with Gasteiger partial charge in [0.25, 0.3) is 5.91 Å². The highest BCUT2D eigenvalue weighted by molar-refractivity contribution is 6.43. The van der Waals surface area contributed by atoms with Crippen LogP contribution >= 0.6 is 23.2 Å². The van der Waals surface area contributed by atoms with Crippen LogP contribution in [0.3, 0.4) is 0 Å². The van der Waals surface area contributed by atoms with Crippen molar-refractivity contribution in [3.8, 4) is 0 Å². The Morgan fingerprint density at radius 3 is 2.50 bits per heavy atom. The van der Waals surface area contributed by atoms with E-state index in [0.717, 1.165) is 5.56 Å². The second-order valence-corrected chi connectivity index (χ2v) is 7.66. The number of benzene rings is 2. The smallest absolute Gasteiger partial charge is 0.255 e. The molecule has 1 heterocycles. The number of carbonyl (C=O) groups is 1. The van der Waals surface area contributed by atoms with E-state index in [1.165, 1.54) is 0 Å². The van der Waals surface area contributed by atoms with Crippen molar-refractivity contribution in [1.29, 1.82) is 0 Å². The Morgan fingerprint density at radius 2 is 1.85 bits per heavy atom. The Balaban J connectivity index is 1.89. The molecule has 138 valence electrons. The molecule has 1 N–H and O–H groups in total. The number of piperidine rings is 1. The summed E-state index contributed by atoms with van der Waals surface area (Å²) >= 11 is 12.3. The van der Waals surface area contributed by atoms with E-state index >= 15 is 0 Å². The lowest BCUT2D eigenvalue weighted by Gasteiger charge is -2.47. The van der Waals surface area contributed by atoms with Crippen LogP contribution in [-0.4, -0.2) is 54.0 Å². The predicted molar refractivity (Wildman–Crippen MR) is 105 cm³/mol. The number of amides is 1. The van der Waals surface area contributed by atoms with Gasteiger partial charge < -0.3 is 14.9 Å². The topological polar surface area (TPSA) is 43.8 Å². The second-order valence-electron chi connectivity index (χ2n) is 6.87. The van der Waals surface area contributed by atoms with Crippen molar-refractivity contribution in [3.63, 3.8) is 0 Å². The van der Waals surface area contributed by atoms with E-state index in [0.29, 0.717) is 30.1 Å². The Morgan fingerprint density at radius 1 is 1.15 bits per heavy atom.